The van der Waals surface area contributed by atoms with Gasteiger partial charge in [0.15, 0.2) is 0 Å². The van der Waals surface area contributed by atoms with Gasteiger partial charge in [0.2, 0.25) is 6.41 Å². The largest absolute Gasteiger partial charge is 0.383 e. The van der Waals surface area contributed by atoms with Gasteiger partial charge >= 0.3 is 0 Å². The van der Waals surface area contributed by atoms with Crippen molar-refractivity contribution in [2.24, 2.45) is 5.10 Å². The van der Waals surface area contributed by atoms with Gasteiger partial charge in [-0.05, 0) is 0 Å². The molecule has 5 nitrogen and oxygen atoms in total. The van der Waals surface area contributed by atoms with E-state index in [9.17, 15) is 4.79 Å². The molecule has 0 atom stereocenters. The summed E-state index contributed by atoms with van der Waals surface area (Å²) in [6, 6.07) is 0. The molecule has 0 fully saturated rings. The van der Waals surface area contributed by atoms with Crippen LogP contribution in [-0.2, 0) is 9.53 Å². The number of hydrogen-bond acceptors (Lipinski definition) is 4. The first-order valence-electron chi connectivity index (χ1n) is 3.89. The fourth-order valence-electron chi connectivity index (χ4n) is 0.985. The average molecular weight is 171 g/mol. The number of hydrazine groups is 1. The number of ether oxygens (including phenoxy) is 1. The first-order valence-corrected chi connectivity index (χ1v) is 3.89. The van der Waals surface area contributed by atoms with Gasteiger partial charge in [0.1, 0.15) is 0 Å². The molecule has 0 aliphatic carbocycles. The Balaban J connectivity index is 2.33. The fourth-order valence-corrected chi connectivity index (χ4v) is 0.985. The Hall–Kier alpha value is -1.10. The molecule has 0 bridgehead atoms. The zero-order valence-corrected chi connectivity index (χ0v) is 7.14. The SMILES string of the molecule is COCCN(C=O)N1CCC=N1. The van der Waals surface area contributed by atoms with E-state index in [0.717, 1.165) is 19.4 Å². The van der Waals surface area contributed by atoms with Crippen LogP contribution in [0.2, 0.25) is 0 Å². The van der Waals surface area contributed by atoms with Gasteiger partial charge < -0.3 is 4.74 Å². The Morgan fingerprint density at radius 1 is 1.83 bits per heavy atom. The van der Waals surface area contributed by atoms with E-state index in [1.165, 1.54) is 5.01 Å². The van der Waals surface area contributed by atoms with E-state index in [1.54, 1.807) is 18.4 Å². The molecule has 5 heteroatoms. The normalized spacial score (nSPS) is 15.2. The van der Waals surface area contributed by atoms with Crippen LogP contribution in [0.1, 0.15) is 6.42 Å². The molecule has 0 spiro atoms. The van der Waals surface area contributed by atoms with Crippen LogP contribution in [0.15, 0.2) is 5.10 Å². The van der Waals surface area contributed by atoms with Crippen LogP contribution in [0.3, 0.4) is 0 Å². The maximum absolute atomic E-state index is 10.6. The van der Waals surface area contributed by atoms with Crippen molar-refractivity contribution < 1.29 is 9.53 Å². The lowest BCUT2D eigenvalue weighted by Crippen LogP contribution is -2.38. The quantitative estimate of drug-likeness (QED) is 0.533. The summed E-state index contributed by atoms with van der Waals surface area (Å²) < 4.78 is 4.85. The summed E-state index contributed by atoms with van der Waals surface area (Å²) in [6.07, 6.45) is 3.46. The molecule has 1 aliphatic rings. The number of methoxy groups -OCH3 is 1. The fraction of sp³-hybridized carbons (Fsp3) is 0.714. The van der Waals surface area contributed by atoms with Gasteiger partial charge in [0.25, 0.3) is 0 Å². The molecular weight excluding hydrogens is 158 g/mol. The highest BCUT2D eigenvalue weighted by Crippen LogP contribution is 2.02. The van der Waals surface area contributed by atoms with E-state index in [4.69, 9.17) is 4.74 Å². The second-order valence-electron chi connectivity index (χ2n) is 2.44. The van der Waals surface area contributed by atoms with Crippen LogP contribution in [0.4, 0.5) is 0 Å². The number of hydrogen-bond donors (Lipinski definition) is 0. The van der Waals surface area contributed by atoms with Gasteiger partial charge in [0, 0.05) is 19.7 Å². The van der Waals surface area contributed by atoms with E-state index in [1.807, 2.05) is 0 Å². The van der Waals surface area contributed by atoms with Crippen molar-refractivity contribution in [3.8, 4) is 0 Å². The molecule has 0 aromatic heterocycles. The molecule has 0 unspecified atom stereocenters. The van der Waals surface area contributed by atoms with Gasteiger partial charge in [-0.1, -0.05) is 0 Å². The standard InChI is InChI=1S/C7H13N3O2/c1-12-6-5-9(7-11)10-4-2-3-8-10/h3,7H,2,4-6H2,1H3. The third kappa shape index (κ3) is 2.20. The Morgan fingerprint density at radius 3 is 3.17 bits per heavy atom. The smallest absolute Gasteiger partial charge is 0.229 e. The van der Waals surface area contributed by atoms with Gasteiger partial charge in [-0.3, -0.25) is 4.79 Å². The van der Waals surface area contributed by atoms with Crippen LogP contribution in [0.5, 0.6) is 0 Å². The Labute approximate surface area is 71.6 Å². The highest BCUT2D eigenvalue weighted by atomic mass is 16.5. The maximum atomic E-state index is 10.6. The second kappa shape index (κ2) is 4.71. The van der Waals surface area contributed by atoms with Crippen molar-refractivity contribution in [3.63, 3.8) is 0 Å². The van der Waals surface area contributed by atoms with Gasteiger partial charge in [-0.2, -0.15) is 5.10 Å². The molecule has 12 heavy (non-hydrogen) atoms. The Kier molecular flexibility index (Phi) is 3.53. The van der Waals surface area contributed by atoms with E-state index < -0.39 is 0 Å². The van der Waals surface area contributed by atoms with E-state index >= 15 is 0 Å². The zero-order valence-electron chi connectivity index (χ0n) is 7.14. The first kappa shape index (κ1) is 8.99. The minimum atomic E-state index is 0.532. The Morgan fingerprint density at radius 2 is 2.67 bits per heavy atom. The third-order valence-corrected chi connectivity index (χ3v) is 1.62. The average Bonchev–Trinajstić information content (AvgIpc) is 2.59. The number of nitrogens with zero attached hydrogens (tertiary/aromatic N) is 3. The first-order chi connectivity index (χ1) is 5.88. The van der Waals surface area contributed by atoms with Crippen LogP contribution in [0, 0.1) is 0 Å². The van der Waals surface area contributed by atoms with Crippen LogP contribution >= 0.6 is 0 Å². The summed E-state index contributed by atoms with van der Waals surface area (Å²) in [5.41, 5.74) is 0. The molecule has 0 radical (unpaired) electrons. The molecule has 0 N–H and O–H groups in total. The molecule has 1 amide bonds. The third-order valence-electron chi connectivity index (χ3n) is 1.62. The summed E-state index contributed by atoms with van der Waals surface area (Å²) in [5, 5.41) is 7.16. The molecule has 0 aromatic carbocycles. The number of hydrazone groups is 1. The van der Waals surface area contributed by atoms with Crippen LogP contribution in [0.25, 0.3) is 0 Å². The van der Waals surface area contributed by atoms with Crippen LogP contribution in [-0.4, -0.2) is 49.6 Å². The van der Waals surface area contributed by atoms with Crippen molar-refractivity contribution in [1.29, 1.82) is 0 Å². The summed E-state index contributed by atoms with van der Waals surface area (Å²) in [7, 11) is 1.61. The second-order valence-corrected chi connectivity index (χ2v) is 2.44. The Bertz CT molecular complexity index is 172. The predicted octanol–water partition coefficient (Wildman–Crippen LogP) is -0.302. The van der Waals surface area contributed by atoms with Crippen molar-refractivity contribution >= 4 is 12.6 Å². The molecule has 0 aromatic rings. The van der Waals surface area contributed by atoms with Gasteiger partial charge in [-0.15, -0.1) is 0 Å². The summed E-state index contributed by atoms with van der Waals surface area (Å²) >= 11 is 0. The maximum Gasteiger partial charge on any atom is 0.229 e. The molecule has 1 aliphatic heterocycles. The summed E-state index contributed by atoms with van der Waals surface area (Å²) in [6.45, 7) is 1.87. The summed E-state index contributed by atoms with van der Waals surface area (Å²) in [4.78, 5) is 10.6. The summed E-state index contributed by atoms with van der Waals surface area (Å²) in [5.74, 6) is 0. The lowest BCUT2D eigenvalue weighted by atomic mass is 10.5. The van der Waals surface area contributed by atoms with Gasteiger partial charge in [-0.25, -0.2) is 10.1 Å². The van der Waals surface area contributed by atoms with Crippen molar-refractivity contribution in [2.45, 2.75) is 6.42 Å². The molecule has 0 saturated carbocycles. The molecule has 68 valence electrons. The topological polar surface area (TPSA) is 45.1 Å². The minimum absolute atomic E-state index is 0.532. The number of amides is 1. The van der Waals surface area contributed by atoms with Gasteiger partial charge in [0.05, 0.1) is 19.7 Å². The highest BCUT2D eigenvalue weighted by molar-refractivity contribution is 5.59. The van der Waals surface area contributed by atoms with Crippen LogP contribution < -0.4 is 0 Å². The lowest BCUT2D eigenvalue weighted by Gasteiger charge is -2.25. The van der Waals surface area contributed by atoms with E-state index in [-0.39, 0.29) is 0 Å². The number of carbonyl (C=O) groups excluding carboxylic acids is 1. The monoisotopic (exact) mass is 171 g/mol. The van der Waals surface area contributed by atoms with E-state index in [0.29, 0.717) is 13.2 Å². The lowest BCUT2D eigenvalue weighted by molar-refractivity contribution is -0.135. The van der Waals surface area contributed by atoms with E-state index in [2.05, 4.69) is 5.10 Å². The molecule has 1 heterocycles. The number of carbonyl (C=O) groups is 1. The van der Waals surface area contributed by atoms with Crippen molar-refractivity contribution in [3.05, 3.63) is 0 Å². The highest BCUT2D eigenvalue weighted by Gasteiger charge is 2.12. The molecule has 0 saturated heterocycles. The molecule has 1 rings (SSSR count). The molecular formula is C7H13N3O2. The number of rotatable bonds is 5. The zero-order chi connectivity index (χ0) is 8.81. The minimum Gasteiger partial charge on any atom is -0.383 e. The predicted molar refractivity (Wildman–Crippen MR) is 44.5 cm³/mol. The van der Waals surface area contributed by atoms with Crippen molar-refractivity contribution in [2.75, 3.05) is 26.8 Å². The van der Waals surface area contributed by atoms with Crippen molar-refractivity contribution in [1.82, 2.24) is 10.1 Å².